The van der Waals surface area contributed by atoms with Crippen LogP contribution >= 0.6 is 0 Å². The number of aliphatic carboxylic acids is 3. The third kappa shape index (κ3) is 18.6. The van der Waals surface area contributed by atoms with Gasteiger partial charge in [-0.3, -0.25) is 19.2 Å². The van der Waals surface area contributed by atoms with Crippen LogP contribution in [0.4, 0.5) is 0 Å². The molecule has 0 spiro atoms. The summed E-state index contributed by atoms with van der Waals surface area (Å²) < 4.78 is 5.69. The molecular formula is C47H87N3O8. The molecule has 11 heteroatoms. The van der Waals surface area contributed by atoms with E-state index >= 15 is 0 Å². The van der Waals surface area contributed by atoms with E-state index in [1.165, 1.54) is 0 Å². The summed E-state index contributed by atoms with van der Waals surface area (Å²) in [7, 11) is 0. The number of carbonyl (C=O) groups is 4. The van der Waals surface area contributed by atoms with E-state index in [4.69, 9.17) is 14.9 Å². The summed E-state index contributed by atoms with van der Waals surface area (Å²) in [6, 6.07) is 0. The van der Waals surface area contributed by atoms with E-state index in [0.29, 0.717) is 19.3 Å². The highest BCUT2D eigenvalue weighted by Crippen LogP contribution is 2.55. The van der Waals surface area contributed by atoms with Crippen LogP contribution in [0.25, 0.3) is 0 Å². The molecule has 11 nitrogen and oxygen atoms in total. The van der Waals surface area contributed by atoms with Crippen LogP contribution in [0.3, 0.4) is 0 Å². The third-order valence-electron chi connectivity index (χ3n) is 12.7. The molecule has 0 radical (unpaired) electrons. The molecule has 0 aromatic rings. The van der Waals surface area contributed by atoms with Crippen LogP contribution in [0, 0.1) is 17.3 Å². The molecule has 3 aliphatic rings. The van der Waals surface area contributed by atoms with Gasteiger partial charge in [-0.2, -0.15) is 0 Å². The van der Waals surface area contributed by atoms with E-state index < -0.39 is 23.3 Å². The van der Waals surface area contributed by atoms with E-state index in [1.807, 2.05) is 0 Å². The third-order valence-corrected chi connectivity index (χ3v) is 12.7. The van der Waals surface area contributed by atoms with Crippen LogP contribution in [0.5, 0.6) is 0 Å². The van der Waals surface area contributed by atoms with Crippen LogP contribution in [0.2, 0.25) is 0 Å². The average Bonchev–Trinajstić information content (AvgIpc) is 2.99. The summed E-state index contributed by atoms with van der Waals surface area (Å²) in [6.45, 7) is 26.3. The largest absolute Gasteiger partial charge is 0.481 e. The van der Waals surface area contributed by atoms with E-state index in [9.17, 15) is 24.3 Å². The van der Waals surface area contributed by atoms with Crippen molar-refractivity contribution in [3.63, 3.8) is 0 Å². The van der Waals surface area contributed by atoms with Crippen molar-refractivity contribution in [3.05, 3.63) is 0 Å². The van der Waals surface area contributed by atoms with Crippen molar-refractivity contribution < 1.29 is 39.2 Å². The maximum atomic E-state index is 13.4. The van der Waals surface area contributed by atoms with Gasteiger partial charge < -0.3 is 36.0 Å². The summed E-state index contributed by atoms with van der Waals surface area (Å²) >= 11 is 0. The van der Waals surface area contributed by atoms with Gasteiger partial charge in [0.05, 0.1) is 5.41 Å². The molecule has 0 amide bonds. The zero-order valence-corrected chi connectivity index (χ0v) is 39.0. The molecule has 0 atom stereocenters. The Labute approximate surface area is 352 Å². The second kappa shape index (κ2) is 21.5. The molecule has 0 aliphatic carbocycles. The summed E-state index contributed by atoms with van der Waals surface area (Å²) in [5.74, 6) is -1.94. The number of carboxylic acids is 3. The summed E-state index contributed by atoms with van der Waals surface area (Å²) in [5.41, 5.74) is -1.22. The van der Waals surface area contributed by atoms with Gasteiger partial charge in [0.1, 0.15) is 6.10 Å². The van der Waals surface area contributed by atoms with Crippen molar-refractivity contribution in [1.82, 2.24) is 16.0 Å². The lowest BCUT2D eigenvalue weighted by Gasteiger charge is -2.57. The Hall–Kier alpha value is -2.24. The van der Waals surface area contributed by atoms with Crippen molar-refractivity contribution in [1.29, 1.82) is 0 Å². The van der Waals surface area contributed by atoms with Gasteiger partial charge >= 0.3 is 23.9 Å². The monoisotopic (exact) mass is 822 g/mol. The number of hydrogen-bond acceptors (Lipinski definition) is 8. The number of carbonyl (C=O) groups excluding carboxylic acids is 1. The molecule has 338 valence electrons. The summed E-state index contributed by atoms with van der Waals surface area (Å²) in [4.78, 5) is 46.6. The highest BCUT2D eigenvalue weighted by molar-refractivity contribution is 5.76. The minimum atomic E-state index is -0.756. The van der Waals surface area contributed by atoms with Gasteiger partial charge in [-0.05, 0) is 146 Å². The topological polar surface area (TPSA) is 174 Å². The van der Waals surface area contributed by atoms with Crippen LogP contribution in [0.15, 0.2) is 0 Å². The fourth-order valence-corrected chi connectivity index (χ4v) is 11.6. The first-order valence-electron chi connectivity index (χ1n) is 22.7. The van der Waals surface area contributed by atoms with Gasteiger partial charge in [-0.25, -0.2) is 0 Å². The molecule has 3 rings (SSSR count). The van der Waals surface area contributed by atoms with E-state index in [1.54, 1.807) is 0 Å². The molecule has 0 saturated carbocycles. The standard InChI is InChI=1S/C28H52N2O4.C19H35NO4/c1-24(2)16-20(17-25(3,4)29-24)28(23(33)34,15-13-11-9-10-12-14-22(31)32)21-18-26(5,6)30-27(7,8)19-21;1-18(2)13-15(14-19(3,4)20-18)24-17(23)12-10-8-6-5-7-9-11-16(21)22/h20-21,29-30H,9-19H2,1-8H3,(H,31,32)(H,33,34);15,20H,5-14H2,1-4H3,(H,21,22). The van der Waals surface area contributed by atoms with Crippen molar-refractivity contribution in [2.45, 2.75) is 257 Å². The summed E-state index contributed by atoms with van der Waals surface area (Å²) in [5, 5.41) is 39.5. The Morgan fingerprint density at radius 1 is 0.466 bits per heavy atom. The maximum Gasteiger partial charge on any atom is 0.310 e. The zero-order valence-electron chi connectivity index (χ0n) is 39.0. The highest BCUT2D eigenvalue weighted by Gasteiger charge is 2.58. The second-order valence-corrected chi connectivity index (χ2v) is 22.4. The molecule has 58 heavy (non-hydrogen) atoms. The molecule has 3 aliphatic heterocycles. The van der Waals surface area contributed by atoms with Gasteiger partial charge in [0.15, 0.2) is 0 Å². The predicted octanol–water partition coefficient (Wildman–Crippen LogP) is 10.0. The Kier molecular flexibility index (Phi) is 19.3. The van der Waals surface area contributed by atoms with Crippen molar-refractivity contribution in [2.75, 3.05) is 0 Å². The quantitative estimate of drug-likeness (QED) is 0.0480. The molecule has 0 aromatic heterocycles. The molecular weight excluding hydrogens is 735 g/mol. The van der Waals surface area contributed by atoms with Crippen LogP contribution in [0.1, 0.15) is 218 Å². The number of carboxylic acid groups (broad SMARTS) is 3. The van der Waals surface area contributed by atoms with Gasteiger partial charge in [0, 0.05) is 65.3 Å². The SMILES string of the molecule is CC1(C)CC(C(CCCCCCCC(=O)O)(C(=O)O)C2CC(C)(C)NC(C)(C)C2)CC(C)(C)N1.CC1(C)CC(OC(=O)CCCCCCCCC(=O)O)CC(C)(C)N1. The maximum absolute atomic E-state index is 13.4. The Balaban J connectivity index is 0.000000426. The first-order valence-corrected chi connectivity index (χ1v) is 22.7. The van der Waals surface area contributed by atoms with Gasteiger partial charge in [0.25, 0.3) is 0 Å². The van der Waals surface area contributed by atoms with Crippen molar-refractivity contribution in [2.24, 2.45) is 17.3 Å². The number of esters is 1. The Morgan fingerprint density at radius 3 is 1.09 bits per heavy atom. The lowest BCUT2D eigenvalue weighted by Crippen LogP contribution is -2.65. The normalized spacial score (nSPS) is 22.6. The first kappa shape index (κ1) is 51.9. The number of ether oxygens (including phenoxy) is 1. The molecule has 0 aromatic carbocycles. The fraction of sp³-hybridized carbons (Fsp3) is 0.915. The summed E-state index contributed by atoms with van der Waals surface area (Å²) in [6.07, 6.45) is 16.9. The van der Waals surface area contributed by atoms with Gasteiger partial charge in [-0.15, -0.1) is 0 Å². The Morgan fingerprint density at radius 2 is 0.759 bits per heavy atom. The van der Waals surface area contributed by atoms with Crippen LogP contribution in [-0.2, 0) is 23.9 Å². The minimum Gasteiger partial charge on any atom is -0.481 e. The highest BCUT2D eigenvalue weighted by atomic mass is 16.5. The van der Waals surface area contributed by atoms with Gasteiger partial charge in [0.2, 0.25) is 0 Å². The smallest absolute Gasteiger partial charge is 0.310 e. The number of unbranched alkanes of at least 4 members (excludes halogenated alkanes) is 9. The number of hydrogen-bond donors (Lipinski definition) is 6. The van der Waals surface area contributed by atoms with Crippen molar-refractivity contribution in [3.8, 4) is 0 Å². The predicted molar refractivity (Wildman–Crippen MR) is 233 cm³/mol. The lowest BCUT2D eigenvalue weighted by molar-refractivity contribution is -0.166. The number of nitrogens with one attached hydrogen (secondary N) is 3. The van der Waals surface area contributed by atoms with Crippen molar-refractivity contribution >= 4 is 23.9 Å². The molecule has 3 saturated heterocycles. The lowest BCUT2D eigenvalue weighted by atomic mass is 9.52. The van der Waals surface area contributed by atoms with Crippen LogP contribution in [-0.4, -0.2) is 78.5 Å². The van der Waals surface area contributed by atoms with E-state index in [2.05, 4.69) is 99.0 Å². The molecule has 3 fully saturated rings. The molecule has 6 N–H and O–H groups in total. The van der Waals surface area contributed by atoms with E-state index in [0.717, 1.165) is 103 Å². The second-order valence-electron chi connectivity index (χ2n) is 22.4. The molecule has 0 unspecified atom stereocenters. The minimum absolute atomic E-state index is 0.000214. The van der Waals surface area contributed by atoms with Gasteiger partial charge in [-0.1, -0.05) is 51.4 Å². The average molecular weight is 822 g/mol. The number of piperidine rings is 3. The molecule has 0 bridgehead atoms. The fourth-order valence-electron chi connectivity index (χ4n) is 11.6. The number of rotatable bonds is 21. The Bertz CT molecular complexity index is 1250. The van der Waals surface area contributed by atoms with Crippen LogP contribution < -0.4 is 16.0 Å². The first-order chi connectivity index (χ1) is 26.5. The molecule has 3 heterocycles. The zero-order chi connectivity index (χ0) is 44.2. The van der Waals surface area contributed by atoms with E-state index in [-0.39, 0.29) is 70.0 Å².